The average molecular weight is 353 g/mol. The average Bonchev–Trinajstić information content (AvgIpc) is 3.21. The quantitative estimate of drug-likeness (QED) is 0.705. The van der Waals surface area contributed by atoms with Crippen LogP contribution < -0.4 is 9.47 Å². The highest BCUT2D eigenvalue weighted by Gasteiger charge is 2.19. The van der Waals surface area contributed by atoms with Gasteiger partial charge in [0.1, 0.15) is 11.6 Å². The summed E-state index contributed by atoms with van der Waals surface area (Å²) >= 11 is 0. The molecule has 0 spiro atoms. The normalized spacial score (nSPS) is 13.9. The Morgan fingerprint density at radius 2 is 2.00 bits per heavy atom. The molecular formula is C19H23N5O2. The highest BCUT2D eigenvalue weighted by molar-refractivity contribution is 5.69. The van der Waals surface area contributed by atoms with Crippen molar-refractivity contribution >= 4 is 0 Å². The molecule has 4 rings (SSSR count). The maximum atomic E-state index is 5.58. The van der Waals surface area contributed by atoms with Gasteiger partial charge < -0.3 is 18.6 Å². The molecule has 0 unspecified atom stereocenters. The van der Waals surface area contributed by atoms with E-state index in [9.17, 15) is 0 Å². The molecule has 0 atom stereocenters. The second kappa shape index (κ2) is 7.19. The number of aryl methyl sites for hydroxylation is 1. The molecule has 3 aromatic rings. The van der Waals surface area contributed by atoms with Crippen molar-refractivity contribution in [1.82, 2.24) is 24.3 Å². The lowest BCUT2D eigenvalue weighted by molar-refractivity contribution is 0.356. The third-order valence-electron chi connectivity index (χ3n) is 4.86. The lowest BCUT2D eigenvalue weighted by atomic mass is 10.1. The van der Waals surface area contributed by atoms with E-state index in [0.717, 1.165) is 36.0 Å². The minimum atomic E-state index is 0.628. The van der Waals surface area contributed by atoms with Crippen LogP contribution in [0.4, 0.5) is 0 Å². The van der Waals surface area contributed by atoms with Crippen molar-refractivity contribution < 1.29 is 9.47 Å². The van der Waals surface area contributed by atoms with Crippen LogP contribution in [0.15, 0.2) is 30.6 Å². The molecular weight excluding hydrogens is 330 g/mol. The van der Waals surface area contributed by atoms with Crippen LogP contribution in [0.25, 0.3) is 11.4 Å². The summed E-state index contributed by atoms with van der Waals surface area (Å²) in [6, 6.07) is 5.82. The van der Waals surface area contributed by atoms with Gasteiger partial charge in [0.2, 0.25) is 0 Å². The lowest BCUT2D eigenvalue weighted by Crippen LogP contribution is -2.11. The first-order valence-electron chi connectivity index (χ1n) is 8.95. The van der Waals surface area contributed by atoms with Crippen LogP contribution in [0.1, 0.15) is 30.9 Å². The summed E-state index contributed by atoms with van der Waals surface area (Å²) in [4.78, 5) is 4.55. The molecule has 2 aromatic heterocycles. The lowest BCUT2D eigenvalue weighted by Gasteiger charge is -2.14. The van der Waals surface area contributed by atoms with Gasteiger partial charge in [-0.3, -0.25) is 0 Å². The zero-order valence-corrected chi connectivity index (χ0v) is 15.2. The van der Waals surface area contributed by atoms with E-state index in [1.54, 1.807) is 20.4 Å². The summed E-state index contributed by atoms with van der Waals surface area (Å²) in [6.45, 7) is 1.62. The zero-order valence-electron chi connectivity index (χ0n) is 15.2. The number of imidazole rings is 1. The van der Waals surface area contributed by atoms with E-state index in [0.29, 0.717) is 18.0 Å². The fourth-order valence-corrected chi connectivity index (χ4v) is 3.56. The maximum absolute atomic E-state index is 5.58. The van der Waals surface area contributed by atoms with Crippen molar-refractivity contribution in [2.75, 3.05) is 14.2 Å². The van der Waals surface area contributed by atoms with Gasteiger partial charge >= 0.3 is 0 Å². The number of benzene rings is 1. The van der Waals surface area contributed by atoms with Gasteiger partial charge in [0.05, 0.1) is 26.3 Å². The Bertz CT molecular complexity index is 899. The molecule has 0 radical (unpaired) electrons. The van der Waals surface area contributed by atoms with E-state index in [2.05, 4.69) is 24.3 Å². The van der Waals surface area contributed by atoms with Crippen LogP contribution in [0.5, 0.6) is 11.5 Å². The summed E-state index contributed by atoms with van der Waals surface area (Å²) in [5.74, 6) is 4.27. The van der Waals surface area contributed by atoms with Gasteiger partial charge in [-0.1, -0.05) is 12.5 Å². The number of hydrogen-bond donors (Lipinski definition) is 0. The largest absolute Gasteiger partial charge is 0.493 e. The Hall–Kier alpha value is -2.83. The smallest absolute Gasteiger partial charge is 0.171 e. The first-order chi connectivity index (χ1) is 12.8. The number of rotatable bonds is 5. The number of nitrogens with zero attached hydrogens (tertiary/aromatic N) is 5. The van der Waals surface area contributed by atoms with E-state index < -0.39 is 0 Å². The highest BCUT2D eigenvalue weighted by atomic mass is 16.5. The van der Waals surface area contributed by atoms with Crippen molar-refractivity contribution in [1.29, 1.82) is 0 Å². The molecule has 1 aromatic carbocycles. The van der Waals surface area contributed by atoms with Gasteiger partial charge in [-0.25, -0.2) is 4.98 Å². The minimum Gasteiger partial charge on any atom is -0.493 e. The fourth-order valence-electron chi connectivity index (χ4n) is 3.56. The first-order valence-corrected chi connectivity index (χ1v) is 8.95. The number of ether oxygens (including phenoxy) is 2. The van der Waals surface area contributed by atoms with Crippen LogP contribution in [0, 0.1) is 0 Å². The molecule has 0 fully saturated rings. The van der Waals surface area contributed by atoms with E-state index in [1.165, 1.54) is 19.3 Å². The van der Waals surface area contributed by atoms with Crippen molar-refractivity contribution in [3.05, 3.63) is 42.2 Å². The van der Waals surface area contributed by atoms with Crippen molar-refractivity contribution in [3.63, 3.8) is 0 Å². The molecule has 7 nitrogen and oxygen atoms in total. The van der Waals surface area contributed by atoms with Gasteiger partial charge in [-0.2, -0.15) is 0 Å². The molecule has 0 bridgehead atoms. The number of hydrogen-bond acceptors (Lipinski definition) is 5. The summed E-state index contributed by atoms with van der Waals surface area (Å²) in [6.07, 6.45) is 8.39. The summed E-state index contributed by atoms with van der Waals surface area (Å²) < 4.78 is 15.3. The molecule has 0 aliphatic carbocycles. The predicted molar refractivity (Wildman–Crippen MR) is 97.4 cm³/mol. The molecule has 26 heavy (non-hydrogen) atoms. The van der Waals surface area contributed by atoms with Crippen molar-refractivity contribution in [3.8, 4) is 22.9 Å². The molecule has 1 aliphatic rings. The zero-order chi connectivity index (χ0) is 17.9. The molecule has 7 heteroatoms. The molecule has 136 valence electrons. The summed E-state index contributed by atoms with van der Waals surface area (Å²) in [7, 11) is 3.28. The number of aromatic nitrogens is 5. The van der Waals surface area contributed by atoms with Gasteiger partial charge in [-0.15, -0.1) is 10.2 Å². The van der Waals surface area contributed by atoms with Gasteiger partial charge in [0.25, 0.3) is 0 Å². The Balaban J connectivity index is 1.70. The Morgan fingerprint density at radius 3 is 2.85 bits per heavy atom. The molecule has 0 amide bonds. The van der Waals surface area contributed by atoms with E-state index in [1.807, 2.05) is 24.4 Å². The van der Waals surface area contributed by atoms with Crippen molar-refractivity contribution in [2.24, 2.45) is 0 Å². The minimum absolute atomic E-state index is 0.628. The van der Waals surface area contributed by atoms with Crippen molar-refractivity contribution in [2.45, 2.75) is 38.8 Å². The second-order valence-corrected chi connectivity index (χ2v) is 6.41. The molecule has 0 N–H and O–H groups in total. The number of para-hydroxylation sites is 1. The van der Waals surface area contributed by atoms with Crippen LogP contribution in [-0.2, 0) is 19.5 Å². The molecule has 3 heterocycles. The Kier molecular flexibility index (Phi) is 4.60. The van der Waals surface area contributed by atoms with Crippen LogP contribution in [0.2, 0.25) is 0 Å². The third kappa shape index (κ3) is 2.94. The Morgan fingerprint density at radius 1 is 1.08 bits per heavy atom. The SMILES string of the molecule is COc1cccc(-c2nccn2Cc2nnc3n2CCCCC3)c1OC. The Labute approximate surface area is 152 Å². The number of methoxy groups -OCH3 is 2. The molecule has 0 saturated heterocycles. The standard InChI is InChI=1S/C19H23N5O2/c1-25-15-8-6-7-14(18(15)26-2)19-20-10-12-23(19)13-17-22-21-16-9-4-3-5-11-24(16)17/h6-8,10,12H,3-5,9,11,13H2,1-2H3. The van der Waals surface area contributed by atoms with Crippen LogP contribution >= 0.6 is 0 Å². The highest BCUT2D eigenvalue weighted by Crippen LogP contribution is 2.37. The van der Waals surface area contributed by atoms with Crippen LogP contribution in [0.3, 0.4) is 0 Å². The van der Waals surface area contributed by atoms with Gasteiger partial charge in [0.15, 0.2) is 17.3 Å². The number of fused-ring (bicyclic) bond motifs is 1. The van der Waals surface area contributed by atoms with Gasteiger partial charge in [0, 0.05) is 25.4 Å². The van der Waals surface area contributed by atoms with Gasteiger partial charge in [-0.05, 0) is 25.0 Å². The summed E-state index contributed by atoms with van der Waals surface area (Å²) in [5, 5.41) is 8.83. The predicted octanol–water partition coefficient (Wildman–Crippen LogP) is 2.93. The van der Waals surface area contributed by atoms with E-state index >= 15 is 0 Å². The van der Waals surface area contributed by atoms with E-state index in [4.69, 9.17) is 9.47 Å². The topological polar surface area (TPSA) is 67.0 Å². The second-order valence-electron chi connectivity index (χ2n) is 6.41. The van der Waals surface area contributed by atoms with Crippen LogP contribution in [-0.4, -0.2) is 38.5 Å². The molecule has 1 aliphatic heterocycles. The van der Waals surface area contributed by atoms with E-state index in [-0.39, 0.29) is 0 Å². The maximum Gasteiger partial charge on any atom is 0.171 e. The monoisotopic (exact) mass is 353 g/mol. The summed E-state index contributed by atoms with van der Waals surface area (Å²) in [5.41, 5.74) is 0.896. The fraction of sp³-hybridized carbons (Fsp3) is 0.421. The molecule has 0 saturated carbocycles. The third-order valence-corrected chi connectivity index (χ3v) is 4.86. The first kappa shape index (κ1) is 16.6.